The Labute approximate surface area is 107 Å². The minimum atomic E-state index is 0.216. The van der Waals surface area contributed by atoms with E-state index >= 15 is 0 Å². The minimum absolute atomic E-state index is 0.216. The molecule has 0 radical (unpaired) electrons. The number of nitrogens with zero attached hydrogens (tertiary/aromatic N) is 1. The van der Waals surface area contributed by atoms with Gasteiger partial charge in [0.05, 0.1) is 12.8 Å². The number of anilines is 1. The molecule has 0 amide bonds. The largest absolute Gasteiger partial charge is 0.496 e. The SMILES string of the molecule is CCc1ccc(OC)c(Cc2oc(N)nc2C)c1. The molecule has 2 N–H and O–H groups in total. The molecule has 96 valence electrons. The minimum Gasteiger partial charge on any atom is -0.496 e. The second-order valence-electron chi connectivity index (χ2n) is 4.24. The van der Waals surface area contributed by atoms with Gasteiger partial charge in [0.15, 0.2) is 0 Å². The number of hydrogen-bond acceptors (Lipinski definition) is 4. The normalized spacial score (nSPS) is 10.6. The Morgan fingerprint density at radius 1 is 1.39 bits per heavy atom. The molecule has 1 heterocycles. The lowest BCUT2D eigenvalue weighted by molar-refractivity contribution is 0.408. The first kappa shape index (κ1) is 12.5. The van der Waals surface area contributed by atoms with E-state index in [1.165, 1.54) is 5.56 Å². The number of benzene rings is 1. The van der Waals surface area contributed by atoms with Crippen LogP contribution in [0.25, 0.3) is 0 Å². The zero-order valence-electron chi connectivity index (χ0n) is 11.0. The molecule has 2 aromatic rings. The van der Waals surface area contributed by atoms with E-state index in [1.807, 2.05) is 13.0 Å². The summed E-state index contributed by atoms with van der Waals surface area (Å²) in [5, 5.41) is 0. The Hall–Kier alpha value is -1.97. The summed E-state index contributed by atoms with van der Waals surface area (Å²) in [6.45, 7) is 4.02. The highest BCUT2D eigenvalue weighted by Gasteiger charge is 2.12. The molecule has 0 aliphatic heterocycles. The number of nitrogen functional groups attached to an aromatic ring is 1. The van der Waals surface area contributed by atoms with Crippen LogP contribution in [0.1, 0.15) is 29.5 Å². The smallest absolute Gasteiger partial charge is 0.292 e. The van der Waals surface area contributed by atoms with Crippen LogP contribution < -0.4 is 10.5 Å². The van der Waals surface area contributed by atoms with Gasteiger partial charge in [-0.25, -0.2) is 0 Å². The van der Waals surface area contributed by atoms with Crippen LogP contribution in [0.3, 0.4) is 0 Å². The second kappa shape index (κ2) is 5.12. The van der Waals surface area contributed by atoms with Gasteiger partial charge >= 0.3 is 0 Å². The lowest BCUT2D eigenvalue weighted by Crippen LogP contribution is -1.96. The Kier molecular flexibility index (Phi) is 3.55. The third-order valence-corrected chi connectivity index (χ3v) is 3.01. The fourth-order valence-electron chi connectivity index (χ4n) is 1.98. The Balaban J connectivity index is 2.35. The van der Waals surface area contributed by atoms with E-state index in [-0.39, 0.29) is 6.01 Å². The Bertz CT molecular complexity index is 547. The van der Waals surface area contributed by atoms with Gasteiger partial charge in [0.2, 0.25) is 0 Å². The van der Waals surface area contributed by atoms with Crippen LogP contribution >= 0.6 is 0 Å². The van der Waals surface area contributed by atoms with E-state index in [0.29, 0.717) is 6.42 Å². The molecule has 18 heavy (non-hydrogen) atoms. The van der Waals surface area contributed by atoms with E-state index in [2.05, 4.69) is 24.0 Å². The molecule has 0 atom stereocenters. The van der Waals surface area contributed by atoms with Crippen LogP contribution in [0.5, 0.6) is 5.75 Å². The van der Waals surface area contributed by atoms with Crippen molar-refractivity contribution in [3.8, 4) is 5.75 Å². The van der Waals surface area contributed by atoms with Crippen molar-refractivity contribution in [3.05, 3.63) is 40.8 Å². The number of rotatable bonds is 4. The molecule has 0 bridgehead atoms. The lowest BCUT2D eigenvalue weighted by Gasteiger charge is -2.09. The molecule has 0 fully saturated rings. The maximum absolute atomic E-state index is 5.55. The number of oxazole rings is 1. The Morgan fingerprint density at radius 2 is 2.17 bits per heavy atom. The summed E-state index contributed by atoms with van der Waals surface area (Å²) in [5.41, 5.74) is 8.75. The maximum Gasteiger partial charge on any atom is 0.292 e. The fourth-order valence-corrected chi connectivity index (χ4v) is 1.98. The average molecular weight is 246 g/mol. The molecule has 4 heteroatoms. The summed E-state index contributed by atoms with van der Waals surface area (Å²) in [4.78, 5) is 4.08. The molecule has 1 aromatic carbocycles. The van der Waals surface area contributed by atoms with Crippen molar-refractivity contribution in [1.29, 1.82) is 0 Å². The van der Waals surface area contributed by atoms with Crippen LogP contribution in [0, 0.1) is 6.92 Å². The standard InChI is InChI=1S/C14H18N2O2/c1-4-10-5-6-12(17-3)11(7-10)8-13-9(2)16-14(15)18-13/h5-7H,4,8H2,1-3H3,(H2,15,16). The molecule has 0 saturated carbocycles. The lowest BCUT2D eigenvalue weighted by atomic mass is 10.0. The third-order valence-electron chi connectivity index (χ3n) is 3.01. The van der Waals surface area contributed by atoms with Crippen molar-refractivity contribution in [2.75, 3.05) is 12.8 Å². The molecule has 0 saturated heterocycles. The van der Waals surface area contributed by atoms with E-state index in [0.717, 1.165) is 29.2 Å². The van der Waals surface area contributed by atoms with Crippen molar-refractivity contribution in [3.63, 3.8) is 0 Å². The van der Waals surface area contributed by atoms with Crippen molar-refractivity contribution in [1.82, 2.24) is 4.98 Å². The summed E-state index contributed by atoms with van der Waals surface area (Å²) in [6, 6.07) is 6.41. The first-order valence-corrected chi connectivity index (χ1v) is 6.01. The van der Waals surface area contributed by atoms with Crippen LogP contribution in [-0.2, 0) is 12.8 Å². The van der Waals surface area contributed by atoms with Crippen molar-refractivity contribution in [2.45, 2.75) is 26.7 Å². The topological polar surface area (TPSA) is 61.3 Å². The van der Waals surface area contributed by atoms with Gasteiger partial charge in [0.1, 0.15) is 11.5 Å². The summed E-state index contributed by atoms with van der Waals surface area (Å²) < 4.78 is 10.8. The number of aryl methyl sites for hydroxylation is 2. The predicted octanol–water partition coefficient (Wildman–Crippen LogP) is 2.73. The van der Waals surface area contributed by atoms with Crippen LogP contribution in [0.4, 0.5) is 6.01 Å². The highest BCUT2D eigenvalue weighted by Crippen LogP contribution is 2.25. The molecule has 0 unspecified atom stereocenters. The van der Waals surface area contributed by atoms with Gasteiger partial charge in [-0.3, -0.25) is 0 Å². The highest BCUT2D eigenvalue weighted by atomic mass is 16.5. The molecule has 0 spiro atoms. The van der Waals surface area contributed by atoms with E-state index in [4.69, 9.17) is 14.9 Å². The van der Waals surface area contributed by atoms with Gasteiger partial charge in [-0.05, 0) is 25.0 Å². The van der Waals surface area contributed by atoms with Crippen molar-refractivity contribution in [2.24, 2.45) is 0 Å². The van der Waals surface area contributed by atoms with Gasteiger partial charge in [0, 0.05) is 12.0 Å². The zero-order chi connectivity index (χ0) is 13.1. The van der Waals surface area contributed by atoms with Crippen LogP contribution in [0.15, 0.2) is 22.6 Å². The molecular formula is C14H18N2O2. The average Bonchev–Trinajstić information content (AvgIpc) is 2.67. The number of hydrogen-bond donors (Lipinski definition) is 1. The van der Waals surface area contributed by atoms with E-state index in [1.54, 1.807) is 7.11 Å². The first-order chi connectivity index (χ1) is 8.63. The van der Waals surface area contributed by atoms with E-state index < -0.39 is 0 Å². The fraction of sp³-hybridized carbons (Fsp3) is 0.357. The number of ether oxygens (including phenoxy) is 1. The van der Waals surface area contributed by atoms with Crippen LogP contribution in [0.2, 0.25) is 0 Å². The van der Waals surface area contributed by atoms with Crippen LogP contribution in [-0.4, -0.2) is 12.1 Å². The van der Waals surface area contributed by atoms with Gasteiger partial charge in [-0.15, -0.1) is 0 Å². The summed E-state index contributed by atoms with van der Waals surface area (Å²) in [5.74, 6) is 1.65. The Morgan fingerprint density at radius 3 is 2.72 bits per heavy atom. The van der Waals surface area contributed by atoms with Crippen molar-refractivity contribution < 1.29 is 9.15 Å². The predicted molar refractivity (Wildman–Crippen MR) is 70.8 cm³/mol. The third kappa shape index (κ3) is 2.47. The summed E-state index contributed by atoms with van der Waals surface area (Å²) in [7, 11) is 1.67. The maximum atomic E-state index is 5.55. The van der Waals surface area contributed by atoms with Gasteiger partial charge in [-0.1, -0.05) is 19.1 Å². The summed E-state index contributed by atoms with van der Waals surface area (Å²) >= 11 is 0. The molecule has 0 aliphatic carbocycles. The zero-order valence-corrected chi connectivity index (χ0v) is 11.0. The molecular weight excluding hydrogens is 228 g/mol. The van der Waals surface area contributed by atoms with Gasteiger partial charge < -0.3 is 14.9 Å². The molecule has 4 nitrogen and oxygen atoms in total. The second-order valence-corrected chi connectivity index (χ2v) is 4.24. The summed E-state index contributed by atoms with van der Waals surface area (Å²) in [6.07, 6.45) is 1.64. The molecule has 2 rings (SSSR count). The monoisotopic (exact) mass is 246 g/mol. The number of aromatic nitrogens is 1. The van der Waals surface area contributed by atoms with E-state index in [9.17, 15) is 0 Å². The number of nitrogens with two attached hydrogens (primary N) is 1. The van der Waals surface area contributed by atoms with Crippen molar-refractivity contribution >= 4 is 6.01 Å². The molecule has 0 aliphatic rings. The molecule has 1 aromatic heterocycles. The first-order valence-electron chi connectivity index (χ1n) is 6.01. The number of methoxy groups -OCH3 is 1. The highest BCUT2D eigenvalue weighted by molar-refractivity contribution is 5.40. The van der Waals surface area contributed by atoms with Gasteiger partial charge in [-0.2, -0.15) is 4.98 Å². The quantitative estimate of drug-likeness (QED) is 0.901. The van der Waals surface area contributed by atoms with Gasteiger partial charge in [0.25, 0.3) is 6.01 Å².